The van der Waals surface area contributed by atoms with E-state index < -0.39 is 17.3 Å². The van der Waals surface area contributed by atoms with Crippen molar-refractivity contribution in [2.24, 2.45) is 5.73 Å². The molecule has 1 heterocycles. The van der Waals surface area contributed by atoms with Crippen LogP contribution in [0.3, 0.4) is 0 Å². The van der Waals surface area contributed by atoms with Crippen LogP contribution >= 0.6 is 0 Å². The largest absolute Gasteiger partial charge is 0.444 e. The van der Waals surface area contributed by atoms with Gasteiger partial charge in [-0.1, -0.05) is 0 Å². The van der Waals surface area contributed by atoms with Crippen LogP contribution in [0.2, 0.25) is 0 Å². The van der Waals surface area contributed by atoms with Gasteiger partial charge in [0.05, 0.1) is 0 Å². The molecule has 0 aliphatic carbocycles. The smallest absolute Gasteiger partial charge is 0.410 e. The van der Waals surface area contributed by atoms with Gasteiger partial charge in [0.2, 0.25) is 0 Å². The number of carbonyl (C=O) groups is 2. The van der Waals surface area contributed by atoms with Crippen molar-refractivity contribution in [3.05, 3.63) is 0 Å². The molecule has 1 rings (SSSR count). The Morgan fingerprint density at radius 3 is 2.04 bits per heavy atom. The van der Waals surface area contributed by atoms with Crippen LogP contribution in [0, 0.1) is 0 Å². The number of amides is 2. The minimum atomic E-state index is -0.554. The van der Waals surface area contributed by atoms with E-state index in [9.17, 15) is 9.59 Å². The number of hydrogen-bond acceptors (Lipinski definition) is 5. The van der Waals surface area contributed by atoms with E-state index in [1.54, 1.807) is 4.90 Å². The third-order valence-electron chi connectivity index (χ3n) is 3.31. The van der Waals surface area contributed by atoms with Crippen molar-refractivity contribution in [2.75, 3.05) is 13.1 Å². The Balaban J connectivity index is 2.58. The van der Waals surface area contributed by atoms with Crippen LogP contribution in [-0.2, 0) is 9.47 Å². The Kier molecular flexibility index (Phi) is 6.27. The summed E-state index contributed by atoms with van der Waals surface area (Å²) in [5, 5.41) is 2.81. The third kappa shape index (κ3) is 7.54. The van der Waals surface area contributed by atoms with Crippen LogP contribution < -0.4 is 11.1 Å². The highest BCUT2D eigenvalue weighted by molar-refractivity contribution is 5.69. The zero-order chi connectivity index (χ0) is 17.8. The molecule has 7 heteroatoms. The summed E-state index contributed by atoms with van der Waals surface area (Å²) in [6.07, 6.45) is 0.339. The van der Waals surface area contributed by atoms with E-state index in [1.807, 2.05) is 41.5 Å². The lowest BCUT2D eigenvalue weighted by Crippen LogP contribution is -2.48. The van der Waals surface area contributed by atoms with Gasteiger partial charge in [0.25, 0.3) is 0 Å². The lowest BCUT2D eigenvalue weighted by Gasteiger charge is -2.26. The van der Waals surface area contributed by atoms with E-state index in [0.717, 1.165) is 0 Å². The van der Waals surface area contributed by atoms with Gasteiger partial charge < -0.3 is 25.4 Å². The summed E-state index contributed by atoms with van der Waals surface area (Å²) in [4.78, 5) is 25.7. The summed E-state index contributed by atoms with van der Waals surface area (Å²) >= 11 is 0. The van der Waals surface area contributed by atoms with Gasteiger partial charge in [-0.25, -0.2) is 9.59 Å². The monoisotopic (exact) mass is 329 g/mol. The average molecular weight is 329 g/mol. The summed E-state index contributed by atoms with van der Waals surface area (Å²) in [5.74, 6) is 0. The van der Waals surface area contributed by atoms with E-state index in [1.165, 1.54) is 0 Å². The van der Waals surface area contributed by atoms with Gasteiger partial charge in [-0.2, -0.15) is 0 Å². The van der Waals surface area contributed by atoms with Crippen LogP contribution in [0.25, 0.3) is 0 Å². The van der Waals surface area contributed by atoms with Crippen molar-refractivity contribution in [1.82, 2.24) is 10.2 Å². The molecule has 0 unspecified atom stereocenters. The summed E-state index contributed by atoms with van der Waals surface area (Å²) in [5.41, 5.74) is 5.05. The maximum absolute atomic E-state index is 12.1. The lowest BCUT2D eigenvalue weighted by molar-refractivity contribution is 0.0256. The molecule has 2 atom stereocenters. The Morgan fingerprint density at radius 2 is 1.52 bits per heavy atom. The van der Waals surface area contributed by atoms with Crippen molar-refractivity contribution in [3.63, 3.8) is 0 Å². The third-order valence-corrected chi connectivity index (χ3v) is 3.31. The average Bonchev–Trinajstić information content (AvgIpc) is 2.48. The van der Waals surface area contributed by atoms with Crippen molar-refractivity contribution in [2.45, 2.75) is 77.7 Å². The van der Waals surface area contributed by atoms with Gasteiger partial charge in [0.15, 0.2) is 0 Å². The second kappa shape index (κ2) is 7.38. The van der Waals surface area contributed by atoms with E-state index in [4.69, 9.17) is 15.2 Å². The first-order valence-corrected chi connectivity index (χ1v) is 8.10. The molecular formula is C16H31N3O4. The Hall–Kier alpha value is -1.50. The second-order valence-corrected chi connectivity index (χ2v) is 7.96. The number of likely N-dealkylation sites (tertiary alicyclic amines) is 1. The molecule has 0 radical (unpaired) electrons. The predicted molar refractivity (Wildman–Crippen MR) is 88.2 cm³/mol. The molecule has 0 aromatic rings. The maximum atomic E-state index is 12.1. The highest BCUT2D eigenvalue weighted by atomic mass is 16.6. The van der Waals surface area contributed by atoms with Crippen molar-refractivity contribution in [3.8, 4) is 0 Å². The minimum absolute atomic E-state index is 0.225. The SMILES string of the molecule is CC(C)(C)OC(=O)N[C@@H]1CCN(C(=O)OC(C)(C)C)CC[C@H]1N. The number of nitrogens with one attached hydrogen (secondary N) is 1. The maximum Gasteiger partial charge on any atom is 0.410 e. The number of nitrogens with two attached hydrogens (primary N) is 1. The van der Waals surface area contributed by atoms with Gasteiger partial charge >= 0.3 is 12.2 Å². The molecule has 1 saturated heterocycles. The summed E-state index contributed by atoms with van der Waals surface area (Å²) in [6.45, 7) is 11.9. The molecule has 1 aliphatic heterocycles. The van der Waals surface area contributed by atoms with E-state index in [0.29, 0.717) is 25.9 Å². The molecule has 1 fully saturated rings. The number of hydrogen-bond donors (Lipinski definition) is 2. The van der Waals surface area contributed by atoms with E-state index >= 15 is 0 Å². The highest BCUT2D eigenvalue weighted by Crippen LogP contribution is 2.16. The molecule has 0 aromatic carbocycles. The van der Waals surface area contributed by atoms with Crippen LogP contribution in [0.4, 0.5) is 9.59 Å². The zero-order valence-electron chi connectivity index (χ0n) is 15.1. The van der Waals surface area contributed by atoms with Crippen molar-refractivity contribution < 1.29 is 19.1 Å². The molecule has 1 aliphatic rings. The van der Waals surface area contributed by atoms with Gasteiger partial charge in [-0.3, -0.25) is 0 Å². The highest BCUT2D eigenvalue weighted by Gasteiger charge is 2.30. The molecular weight excluding hydrogens is 298 g/mol. The molecule has 134 valence electrons. The molecule has 0 aromatic heterocycles. The van der Waals surface area contributed by atoms with Crippen molar-refractivity contribution >= 4 is 12.2 Å². The zero-order valence-corrected chi connectivity index (χ0v) is 15.1. The Morgan fingerprint density at radius 1 is 1.00 bits per heavy atom. The van der Waals surface area contributed by atoms with E-state index in [2.05, 4.69) is 5.32 Å². The van der Waals surface area contributed by atoms with Crippen LogP contribution in [0.1, 0.15) is 54.4 Å². The number of alkyl carbamates (subject to hydrolysis) is 1. The minimum Gasteiger partial charge on any atom is -0.444 e. The number of carbonyl (C=O) groups excluding carboxylic acids is 2. The van der Waals surface area contributed by atoms with Crippen LogP contribution in [0.15, 0.2) is 0 Å². The fourth-order valence-electron chi connectivity index (χ4n) is 2.27. The molecule has 3 N–H and O–H groups in total. The quantitative estimate of drug-likeness (QED) is 0.769. The molecule has 0 saturated carbocycles. The van der Waals surface area contributed by atoms with Gasteiger partial charge in [0, 0.05) is 25.2 Å². The topological polar surface area (TPSA) is 93.9 Å². The first-order valence-electron chi connectivity index (χ1n) is 8.10. The normalized spacial score (nSPS) is 23.0. The van der Waals surface area contributed by atoms with Crippen LogP contribution in [0.5, 0.6) is 0 Å². The van der Waals surface area contributed by atoms with Gasteiger partial charge in [-0.05, 0) is 54.4 Å². The van der Waals surface area contributed by atoms with Gasteiger partial charge in [0.1, 0.15) is 11.2 Å². The lowest BCUT2D eigenvalue weighted by atomic mass is 10.0. The van der Waals surface area contributed by atoms with Gasteiger partial charge in [-0.15, -0.1) is 0 Å². The molecule has 2 amide bonds. The molecule has 0 spiro atoms. The number of nitrogens with zero attached hydrogens (tertiary/aromatic N) is 1. The van der Waals surface area contributed by atoms with Crippen molar-refractivity contribution in [1.29, 1.82) is 0 Å². The standard InChI is InChI=1S/C16H31N3O4/c1-15(2,3)22-13(20)18-12-8-10-19(9-7-11(12)17)14(21)23-16(4,5)6/h11-12H,7-10,17H2,1-6H3,(H,18,20)/t11-,12-/m1/s1. The Labute approximate surface area is 138 Å². The summed E-state index contributed by atoms with van der Waals surface area (Å²) < 4.78 is 10.6. The summed E-state index contributed by atoms with van der Waals surface area (Å²) in [6, 6.07) is -0.452. The fraction of sp³-hybridized carbons (Fsp3) is 0.875. The summed E-state index contributed by atoms with van der Waals surface area (Å²) in [7, 11) is 0. The molecule has 7 nitrogen and oxygen atoms in total. The number of rotatable bonds is 1. The molecule has 23 heavy (non-hydrogen) atoms. The van der Waals surface area contributed by atoms with E-state index in [-0.39, 0.29) is 18.2 Å². The first kappa shape index (κ1) is 19.5. The predicted octanol–water partition coefficient (Wildman–Crippen LogP) is 2.24. The fourth-order valence-corrected chi connectivity index (χ4v) is 2.27. The second-order valence-electron chi connectivity index (χ2n) is 7.96. The first-order chi connectivity index (χ1) is 10.4. The van der Waals surface area contributed by atoms with Crippen LogP contribution in [-0.4, -0.2) is 53.5 Å². The molecule has 0 bridgehead atoms. The number of ether oxygens (including phenoxy) is 2. The Bertz CT molecular complexity index is 426.